The van der Waals surface area contributed by atoms with Gasteiger partial charge in [0.05, 0.1) is 5.56 Å². The summed E-state index contributed by atoms with van der Waals surface area (Å²) in [5.74, 6) is -0.177. The summed E-state index contributed by atoms with van der Waals surface area (Å²) >= 11 is 0. The van der Waals surface area contributed by atoms with Crippen molar-refractivity contribution in [1.29, 1.82) is 0 Å². The quantitative estimate of drug-likeness (QED) is 0.919. The number of hydrogen-bond donors (Lipinski definition) is 1. The number of benzene rings is 1. The summed E-state index contributed by atoms with van der Waals surface area (Å²) in [4.78, 5) is 12.3. The molecule has 0 radical (unpaired) electrons. The maximum absolute atomic E-state index is 12.6. The Morgan fingerprint density at radius 3 is 2.15 bits per heavy atom. The molecule has 2 nitrogen and oxygen atoms in total. The number of rotatable bonds is 4. The fraction of sp³-hybridized carbons (Fsp3) is 0.533. The van der Waals surface area contributed by atoms with Crippen LogP contribution in [-0.2, 0) is 17.4 Å². The predicted molar refractivity (Wildman–Crippen MR) is 72.2 cm³/mol. The molecular formula is C15H20F3NO. The highest BCUT2D eigenvalue weighted by molar-refractivity contribution is 5.87. The van der Waals surface area contributed by atoms with Crippen LogP contribution in [0.25, 0.3) is 0 Å². The molecule has 0 aliphatic heterocycles. The van der Waals surface area contributed by atoms with Crippen LogP contribution in [0.2, 0.25) is 0 Å². The highest BCUT2D eigenvalue weighted by atomic mass is 19.4. The molecule has 0 spiro atoms. The zero-order valence-corrected chi connectivity index (χ0v) is 12.1. The smallest absolute Gasteiger partial charge is 0.325 e. The van der Waals surface area contributed by atoms with E-state index in [0.29, 0.717) is 5.56 Å². The average molecular weight is 287 g/mol. The minimum atomic E-state index is -4.40. The van der Waals surface area contributed by atoms with Gasteiger partial charge in [-0.05, 0) is 25.5 Å². The van der Waals surface area contributed by atoms with E-state index in [1.807, 2.05) is 0 Å². The monoisotopic (exact) mass is 287 g/mol. The van der Waals surface area contributed by atoms with Crippen molar-refractivity contribution in [3.05, 3.63) is 35.4 Å². The number of ketones is 1. The second-order valence-electron chi connectivity index (χ2n) is 6.14. The molecule has 0 amide bonds. The van der Waals surface area contributed by atoms with Gasteiger partial charge < -0.3 is 5.73 Å². The van der Waals surface area contributed by atoms with Crippen molar-refractivity contribution in [1.82, 2.24) is 0 Å². The summed E-state index contributed by atoms with van der Waals surface area (Å²) < 4.78 is 37.9. The van der Waals surface area contributed by atoms with Crippen LogP contribution in [0.15, 0.2) is 24.3 Å². The van der Waals surface area contributed by atoms with Gasteiger partial charge in [-0.3, -0.25) is 4.79 Å². The molecule has 0 saturated heterocycles. The Balaban J connectivity index is 2.98. The predicted octanol–water partition coefficient (Wildman–Crippen LogP) is 3.58. The molecule has 1 aromatic carbocycles. The summed E-state index contributed by atoms with van der Waals surface area (Å²) in [5, 5.41) is 0. The fourth-order valence-corrected chi connectivity index (χ4v) is 1.62. The molecule has 5 heteroatoms. The summed E-state index contributed by atoms with van der Waals surface area (Å²) in [6, 6.07) is 4.84. The largest absolute Gasteiger partial charge is 0.416 e. The van der Waals surface area contributed by atoms with Crippen LogP contribution in [0.4, 0.5) is 13.2 Å². The van der Waals surface area contributed by atoms with E-state index in [1.54, 1.807) is 27.7 Å². The molecule has 2 N–H and O–H groups in total. The zero-order valence-electron chi connectivity index (χ0n) is 12.1. The van der Waals surface area contributed by atoms with Crippen LogP contribution in [-0.4, -0.2) is 11.3 Å². The van der Waals surface area contributed by atoms with Gasteiger partial charge in [0.25, 0.3) is 0 Å². The molecule has 0 bridgehead atoms. The minimum Gasteiger partial charge on any atom is -0.325 e. The molecular weight excluding hydrogens is 267 g/mol. The molecule has 0 saturated carbocycles. The van der Waals surface area contributed by atoms with Crippen LogP contribution in [0.5, 0.6) is 0 Å². The molecule has 0 atom stereocenters. The molecule has 0 fully saturated rings. The van der Waals surface area contributed by atoms with Crippen molar-refractivity contribution in [2.45, 2.75) is 45.8 Å². The first-order chi connectivity index (χ1) is 8.85. The van der Waals surface area contributed by atoms with E-state index in [-0.39, 0.29) is 12.2 Å². The Bertz CT molecular complexity index is 499. The van der Waals surface area contributed by atoms with Gasteiger partial charge in [0, 0.05) is 17.4 Å². The first-order valence-corrected chi connectivity index (χ1v) is 6.34. The van der Waals surface area contributed by atoms with E-state index >= 15 is 0 Å². The molecule has 0 aliphatic carbocycles. The Labute approximate surface area is 117 Å². The summed E-state index contributed by atoms with van der Waals surface area (Å²) in [5.41, 5.74) is 4.01. The molecule has 1 aromatic rings. The number of carbonyl (C=O) groups is 1. The van der Waals surface area contributed by atoms with Gasteiger partial charge in [-0.2, -0.15) is 13.2 Å². The van der Waals surface area contributed by atoms with Crippen LogP contribution >= 0.6 is 0 Å². The maximum atomic E-state index is 12.6. The summed E-state index contributed by atoms with van der Waals surface area (Å²) in [6.07, 6.45) is -4.46. The molecule has 0 aromatic heterocycles. The van der Waals surface area contributed by atoms with Crippen molar-refractivity contribution in [3.63, 3.8) is 0 Å². The average Bonchev–Trinajstić information content (AvgIpc) is 2.26. The fourth-order valence-electron chi connectivity index (χ4n) is 1.62. The normalized spacial score (nSPS) is 13.4. The second-order valence-corrected chi connectivity index (χ2v) is 6.14. The maximum Gasteiger partial charge on any atom is 0.416 e. The van der Waals surface area contributed by atoms with E-state index in [9.17, 15) is 18.0 Å². The molecule has 1 rings (SSSR count). The zero-order chi connectivity index (χ0) is 15.8. The van der Waals surface area contributed by atoms with Gasteiger partial charge in [-0.1, -0.05) is 32.0 Å². The van der Waals surface area contributed by atoms with Gasteiger partial charge in [0.1, 0.15) is 5.78 Å². The lowest BCUT2D eigenvalue weighted by molar-refractivity contribution is -0.137. The van der Waals surface area contributed by atoms with Crippen molar-refractivity contribution in [3.8, 4) is 0 Å². The van der Waals surface area contributed by atoms with Crippen molar-refractivity contribution < 1.29 is 18.0 Å². The SMILES string of the molecule is CC(C)(N)C(C)(C)C(=O)Cc1cccc(C(F)(F)F)c1. The summed E-state index contributed by atoms with van der Waals surface area (Å²) in [7, 11) is 0. The van der Waals surface area contributed by atoms with Crippen LogP contribution in [0.1, 0.15) is 38.8 Å². The molecule has 0 aliphatic rings. The van der Waals surface area contributed by atoms with E-state index in [0.717, 1.165) is 12.1 Å². The molecule has 0 unspecified atom stereocenters. The van der Waals surface area contributed by atoms with Gasteiger partial charge >= 0.3 is 6.18 Å². The Kier molecular flexibility index (Phi) is 4.34. The standard InChI is InChI=1S/C15H20F3NO/c1-13(2,14(3,4)19)12(20)9-10-6-5-7-11(8-10)15(16,17)18/h5-8H,9,19H2,1-4H3. The third kappa shape index (κ3) is 3.60. The molecule has 112 valence electrons. The summed E-state index contributed by atoms with van der Waals surface area (Å²) in [6.45, 7) is 6.89. The Morgan fingerprint density at radius 1 is 1.15 bits per heavy atom. The number of hydrogen-bond acceptors (Lipinski definition) is 2. The van der Waals surface area contributed by atoms with Crippen molar-refractivity contribution in [2.75, 3.05) is 0 Å². The van der Waals surface area contributed by atoms with Crippen molar-refractivity contribution in [2.24, 2.45) is 11.1 Å². The first kappa shape index (κ1) is 16.7. The highest BCUT2D eigenvalue weighted by Crippen LogP contribution is 2.32. The van der Waals surface area contributed by atoms with E-state index in [1.165, 1.54) is 12.1 Å². The van der Waals surface area contributed by atoms with E-state index < -0.39 is 22.7 Å². The minimum absolute atomic E-state index is 0.0580. The van der Waals surface area contributed by atoms with Crippen LogP contribution in [0.3, 0.4) is 0 Å². The number of carbonyl (C=O) groups excluding carboxylic acids is 1. The number of nitrogens with two attached hydrogens (primary N) is 1. The van der Waals surface area contributed by atoms with Crippen LogP contribution in [0, 0.1) is 5.41 Å². The van der Waals surface area contributed by atoms with Crippen molar-refractivity contribution >= 4 is 5.78 Å². The topological polar surface area (TPSA) is 43.1 Å². The lowest BCUT2D eigenvalue weighted by Gasteiger charge is -2.37. The first-order valence-electron chi connectivity index (χ1n) is 6.34. The van der Waals surface area contributed by atoms with Gasteiger partial charge in [0.2, 0.25) is 0 Å². The van der Waals surface area contributed by atoms with Gasteiger partial charge in [0.15, 0.2) is 0 Å². The molecule has 20 heavy (non-hydrogen) atoms. The Hall–Kier alpha value is -1.36. The lowest BCUT2D eigenvalue weighted by Crippen LogP contribution is -2.52. The highest BCUT2D eigenvalue weighted by Gasteiger charge is 2.40. The Morgan fingerprint density at radius 2 is 1.70 bits per heavy atom. The lowest BCUT2D eigenvalue weighted by atomic mass is 9.70. The van der Waals surface area contributed by atoms with Gasteiger partial charge in [-0.15, -0.1) is 0 Å². The van der Waals surface area contributed by atoms with E-state index in [2.05, 4.69) is 0 Å². The second kappa shape index (κ2) is 5.20. The number of alkyl halides is 3. The number of halogens is 3. The van der Waals surface area contributed by atoms with Crippen LogP contribution < -0.4 is 5.73 Å². The third-order valence-corrected chi connectivity index (χ3v) is 3.93. The number of Topliss-reactive ketones (excluding diaryl/α,β-unsaturated/α-hetero) is 1. The molecule has 0 heterocycles. The third-order valence-electron chi connectivity index (χ3n) is 3.93. The van der Waals surface area contributed by atoms with Gasteiger partial charge in [-0.25, -0.2) is 0 Å². The van der Waals surface area contributed by atoms with E-state index in [4.69, 9.17) is 5.73 Å².